The summed E-state index contributed by atoms with van der Waals surface area (Å²) in [4.78, 5) is 21.4. The Morgan fingerprint density at radius 1 is 1.53 bits per heavy atom. The first-order chi connectivity index (χ1) is 8.91. The summed E-state index contributed by atoms with van der Waals surface area (Å²) in [5, 5.41) is 23.7. The quantitative estimate of drug-likeness (QED) is 0.542. The van der Waals surface area contributed by atoms with Crippen molar-refractivity contribution in [2.24, 2.45) is 5.73 Å². The van der Waals surface area contributed by atoms with E-state index >= 15 is 0 Å². The van der Waals surface area contributed by atoms with Crippen LogP contribution in [0, 0.1) is 10.1 Å². The van der Waals surface area contributed by atoms with E-state index in [2.05, 4.69) is 5.32 Å². The van der Waals surface area contributed by atoms with Crippen molar-refractivity contribution in [2.45, 2.75) is 24.9 Å². The van der Waals surface area contributed by atoms with Gasteiger partial charge in [0.25, 0.3) is 5.69 Å². The number of hydrogen-bond acceptors (Lipinski definition) is 5. The van der Waals surface area contributed by atoms with Gasteiger partial charge in [-0.05, 0) is 31.4 Å². The van der Waals surface area contributed by atoms with Crippen molar-refractivity contribution >= 4 is 17.3 Å². The highest BCUT2D eigenvalue weighted by atomic mass is 16.6. The molecule has 0 atom stereocenters. The molecule has 0 aliphatic heterocycles. The first kappa shape index (κ1) is 13.3. The molecular weight excluding hydrogens is 250 g/mol. The Labute approximate surface area is 109 Å². The number of hydrogen-bond donors (Lipinski definition) is 3. The van der Waals surface area contributed by atoms with E-state index in [4.69, 9.17) is 5.73 Å². The molecule has 19 heavy (non-hydrogen) atoms. The first-order valence-corrected chi connectivity index (χ1v) is 5.96. The van der Waals surface area contributed by atoms with Crippen LogP contribution >= 0.6 is 0 Å². The number of carbonyl (C=O) groups excluding carboxylic acids is 1. The number of nitrogens with two attached hydrogens (primary N) is 1. The molecule has 0 radical (unpaired) electrons. The molecule has 0 saturated heterocycles. The van der Waals surface area contributed by atoms with Crippen molar-refractivity contribution in [3.8, 4) is 0 Å². The second-order valence-corrected chi connectivity index (χ2v) is 4.78. The van der Waals surface area contributed by atoms with Crippen molar-refractivity contribution in [2.75, 3.05) is 11.9 Å². The van der Waals surface area contributed by atoms with Crippen molar-refractivity contribution < 1.29 is 14.8 Å². The number of nitrogens with zero attached hydrogens (tertiary/aromatic N) is 1. The molecule has 1 saturated carbocycles. The molecule has 1 fully saturated rings. The molecule has 0 heterocycles. The molecule has 7 heteroatoms. The van der Waals surface area contributed by atoms with E-state index in [1.54, 1.807) is 0 Å². The maximum atomic E-state index is 11.1. The van der Waals surface area contributed by atoms with E-state index in [-0.39, 0.29) is 23.5 Å². The molecule has 1 aliphatic rings. The molecule has 7 nitrogen and oxygen atoms in total. The van der Waals surface area contributed by atoms with Crippen molar-refractivity contribution in [1.82, 2.24) is 0 Å². The average molecular weight is 265 g/mol. The fourth-order valence-electron chi connectivity index (χ4n) is 2.01. The maximum Gasteiger partial charge on any atom is 0.292 e. The van der Waals surface area contributed by atoms with Crippen LogP contribution in [0.1, 0.15) is 29.6 Å². The number of primary amides is 1. The molecule has 0 bridgehead atoms. The Hall–Kier alpha value is -2.15. The summed E-state index contributed by atoms with van der Waals surface area (Å²) in [5.41, 5.74) is 4.57. The largest absolute Gasteiger partial charge is 0.388 e. The van der Waals surface area contributed by atoms with E-state index in [0.717, 1.165) is 6.42 Å². The summed E-state index contributed by atoms with van der Waals surface area (Å²) in [7, 11) is 0. The molecule has 1 aromatic carbocycles. The number of nitro groups is 1. The van der Waals surface area contributed by atoms with Crippen LogP contribution in [0.25, 0.3) is 0 Å². The Morgan fingerprint density at radius 2 is 2.21 bits per heavy atom. The highest BCUT2D eigenvalue weighted by molar-refractivity contribution is 5.94. The molecule has 0 spiro atoms. The van der Waals surface area contributed by atoms with Crippen LogP contribution in [-0.4, -0.2) is 28.1 Å². The molecular formula is C12H15N3O4. The zero-order valence-corrected chi connectivity index (χ0v) is 10.3. The normalized spacial score (nSPS) is 16.5. The van der Waals surface area contributed by atoms with Crippen molar-refractivity contribution in [1.29, 1.82) is 0 Å². The van der Waals surface area contributed by atoms with Crippen LogP contribution in [0.4, 0.5) is 11.4 Å². The van der Waals surface area contributed by atoms with Gasteiger partial charge in [0.15, 0.2) is 0 Å². The predicted octanol–water partition coefficient (Wildman–Crippen LogP) is 1.02. The lowest BCUT2D eigenvalue weighted by Crippen LogP contribution is -2.43. The van der Waals surface area contributed by atoms with Crippen LogP contribution < -0.4 is 11.1 Å². The second-order valence-electron chi connectivity index (χ2n) is 4.78. The van der Waals surface area contributed by atoms with Gasteiger partial charge in [-0.3, -0.25) is 14.9 Å². The summed E-state index contributed by atoms with van der Waals surface area (Å²) in [6.45, 7) is 0.218. The number of nitro benzene ring substituents is 1. The molecule has 1 amide bonds. The van der Waals surface area contributed by atoms with Crippen LogP contribution in [0.2, 0.25) is 0 Å². The third-order valence-corrected chi connectivity index (χ3v) is 3.37. The van der Waals surface area contributed by atoms with E-state index in [1.807, 2.05) is 0 Å². The lowest BCUT2D eigenvalue weighted by Gasteiger charge is -2.36. The van der Waals surface area contributed by atoms with Gasteiger partial charge < -0.3 is 16.2 Å². The van der Waals surface area contributed by atoms with E-state index in [0.29, 0.717) is 12.8 Å². The van der Waals surface area contributed by atoms with Crippen molar-refractivity contribution in [3.63, 3.8) is 0 Å². The Bertz CT molecular complexity index is 526. The van der Waals surface area contributed by atoms with Crippen LogP contribution in [0.3, 0.4) is 0 Å². The topological polar surface area (TPSA) is 118 Å². The van der Waals surface area contributed by atoms with Gasteiger partial charge in [-0.2, -0.15) is 0 Å². The van der Waals surface area contributed by atoms with E-state index < -0.39 is 16.4 Å². The number of amides is 1. The lowest BCUT2D eigenvalue weighted by molar-refractivity contribution is -0.384. The Balaban J connectivity index is 2.22. The SMILES string of the molecule is NC(=O)c1ccc([N+](=O)[O-])c(NCC2(O)CCC2)c1. The highest BCUT2D eigenvalue weighted by Gasteiger charge is 2.34. The van der Waals surface area contributed by atoms with E-state index in [9.17, 15) is 20.0 Å². The fraction of sp³-hybridized carbons (Fsp3) is 0.417. The van der Waals surface area contributed by atoms with Gasteiger partial charge in [-0.25, -0.2) is 0 Å². The van der Waals surface area contributed by atoms with Gasteiger partial charge in [-0.1, -0.05) is 0 Å². The van der Waals surface area contributed by atoms with Crippen LogP contribution in [0.5, 0.6) is 0 Å². The standard InChI is InChI=1S/C12H15N3O4/c13-11(16)8-2-3-10(15(18)19)9(6-8)14-7-12(17)4-1-5-12/h2-3,6,14,17H,1,4-5,7H2,(H2,13,16). The summed E-state index contributed by atoms with van der Waals surface area (Å²) < 4.78 is 0. The number of carbonyl (C=O) groups is 1. The third-order valence-electron chi connectivity index (χ3n) is 3.37. The molecule has 1 aromatic rings. The number of benzene rings is 1. The van der Waals surface area contributed by atoms with Gasteiger partial charge >= 0.3 is 0 Å². The minimum Gasteiger partial charge on any atom is -0.388 e. The van der Waals surface area contributed by atoms with Gasteiger partial charge in [-0.15, -0.1) is 0 Å². The van der Waals surface area contributed by atoms with Gasteiger partial charge in [0.05, 0.1) is 10.5 Å². The lowest BCUT2D eigenvalue weighted by atomic mass is 9.80. The van der Waals surface area contributed by atoms with E-state index in [1.165, 1.54) is 18.2 Å². The summed E-state index contributed by atoms with van der Waals surface area (Å²) in [5.74, 6) is -0.652. The Kier molecular flexibility index (Phi) is 3.39. The van der Waals surface area contributed by atoms with Crippen LogP contribution in [0.15, 0.2) is 18.2 Å². The highest BCUT2D eigenvalue weighted by Crippen LogP contribution is 2.33. The zero-order valence-electron chi connectivity index (χ0n) is 10.3. The van der Waals surface area contributed by atoms with Gasteiger partial charge in [0, 0.05) is 18.2 Å². The predicted molar refractivity (Wildman–Crippen MR) is 68.9 cm³/mol. The van der Waals surface area contributed by atoms with Gasteiger partial charge in [0.2, 0.25) is 5.91 Å². The number of rotatable bonds is 5. The minimum atomic E-state index is -0.809. The van der Waals surface area contributed by atoms with Gasteiger partial charge in [0.1, 0.15) is 5.69 Å². The smallest absolute Gasteiger partial charge is 0.292 e. The Morgan fingerprint density at radius 3 is 2.68 bits per heavy atom. The third kappa shape index (κ3) is 2.82. The second kappa shape index (κ2) is 4.85. The first-order valence-electron chi connectivity index (χ1n) is 5.96. The monoisotopic (exact) mass is 265 g/mol. The summed E-state index contributed by atoms with van der Waals surface area (Å²) in [6, 6.07) is 3.87. The number of anilines is 1. The molecule has 1 aliphatic carbocycles. The number of nitrogens with one attached hydrogen (secondary N) is 1. The fourth-order valence-corrected chi connectivity index (χ4v) is 2.01. The molecule has 2 rings (SSSR count). The summed E-state index contributed by atoms with van der Waals surface area (Å²) in [6.07, 6.45) is 2.29. The number of aliphatic hydroxyl groups is 1. The molecule has 0 aromatic heterocycles. The molecule has 102 valence electrons. The minimum absolute atomic E-state index is 0.145. The zero-order chi connectivity index (χ0) is 14.0. The van der Waals surface area contributed by atoms with Crippen LogP contribution in [-0.2, 0) is 0 Å². The average Bonchev–Trinajstić information content (AvgIpc) is 2.33. The maximum absolute atomic E-state index is 11.1. The van der Waals surface area contributed by atoms with Crippen molar-refractivity contribution in [3.05, 3.63) is 33.9 Å². The molecule has 4 N–H and O–H groups in total. The molecule has 0 unspecified atom stereocenters. The summed E-state index contributed by atoms with van der Waals surface area (Å²) >= 11 is 0.